The van der Waals surface area contributed by atoms with Crippen molar-refractivity contribution in [2.45, 2.75) is 6.92 Å². The summed E-state index contributed by atoms with van der Waals surface area (Å²) in [7, 11) is 1.71. The number of nitrogen functional groups attached to an aromatic ring is 1. The molecule has 0 aliphatic rings. The zero-order valence-electron chi connectivity index (χ0n) is 9.64. The number of nitrogens with zero attached hydrogens (tertiary/aromatic N) is 2. The van der Waals surface area contributed by atoms with E-state index in [1.54, 1.807) is 30.1 Å². The van der Waals surface area contributed by atoms with E-state index in [0.717, 1.165) is 0 Å². The minimum Gasteiger partial charge on any atom is -0.384 e. The predicted octanol–water partition coefficient (Wildman–Crippen LogP) is 0.772. The van der Waals surface area contributed by atoms with Gasteiger partial charge in [0.2, 0.25) is 0 Å². The highest BCUT2D eigenvalue weighted by atomic mass is 16.5. The van der Waals surface area contributed by atoms with Crippen LogP contribution in [0, 0.1) is 0 Å². The second kappa shape index (κ2) is 6.07. The van der Waals surface area contributed by atoms with E-state index in [1.807, 2.05) is 6.92 Å². The molecule has 0 saturated carbocycles. The van der Waals surface area contributed by atoms with Gasteiger partial charge in [-0.2, -0.15) is 0 Å². The van der Waals surface area contributed by atoms with Crippen molar-refractivity contribution < 1.29 is 9.53 Å². The first kappa shape index (κ1) is 12.4. The molecule has 1 heterocycles. The van der Waals surface area contributed by atoms with Crippen LogP contribution in [0.1, 0.15) is 17.4 Å². The zero-order valence-corrected chi connectivity index (χ0v) is 9.64. The Morgan fingerprint density at radius 1 is 1.56 bits per heavy atom. The van der Waals surface area contributed by atoms with E-state index < -0.39 is 0 Å². The average Bonchev–Trinajstić information content (AvgIpc) is 2.28. The Bertz CT molecular complexity index is 355. The lowest BCUT2D eigenvalue weighted by molar-refractivity contribution is 0.0705. The Labute approximate surface area is 95.2 Å². The van der Waals surface area contributed by atoms with Gasteiger partial charge in [-0.25, -0.2) is 4.98 Å². The summed E-state index contributed by atoms with van der Waals surface area (Å²) in [4.78, 5) is 17.4. The van der Waals surface area contributed by atoms with Gasteiger partial charge in [-0.1, -0.05) is 6.07 Å². The third-order valence-corrected chi connectivity index (χ3v) is 2.11. The number of anilines is 1. The van der Waals surface area contributed by atoms with Crippen molar-refractivity contribution in [3.8, 4) is 0 Å². The summed E-state index contributed by atoms with van der Waals surface area (Å²) < 4.78 is 5.17. The minimum atomic E-state index is -0.146. The van der Waals surface area contributed by atoms with Crippen LogP contribution in [0.3, 0.4) is 0 Å². The molecular weight excluding hydrogens is 206 g/mol. The van der Waals surface area contributed by atoms with E-state index >= 15 is 0 Å². The maximum Gasteiger partial charge on any atom is 0.272 e. The average molecular weight is 223 g/mol. The largest absolute Gasteiger partial charge is 0.384 e. The first-order chi connectivity index (χ1) is 7.65. The summed E-state index contributed by atoms with van der Waals surface area (Å²) in [6.07, 6.45) is 0. The van der Waals surface area contributed by atoms with Crippen molar-refractivity contribution in [2.75, 3.05) is 32.5 Å². The number of aromatic nitrogens is 1. The molecule has 0 saturated heterocycles. The highest BCUT2D eigenvalue weighted by Gasteiger charge is 2.12. The quantitative estimate of drug-likeness (QED) is 0.749. The molecule has 1 amide bonds. The molecule has 0 atom stereocenters. The Kier molecular flexibility index (Phi) is 4.72. The molecule has 0 aliphatic heterocycles. The van der Waals surface area contributed by atoms with Gasteiger partial charge in [0.25, 0.3) is 5.91 Å². The summed E-state index contributed by atoms with van der Waals surface area (Å²) in [6, 6.07) is 5.01. The molecule has 2 N–H and O–H groups in total. The highest BCUT2D eigenvalue weighted by molar-refractivity contribution is 5.92. The Morgan fingerprint density at radius 2 is 2.31 bits per heavy atom. The molecule has 0 aliphatic carbocycles. The number of nitrogens with two attached hydrogens (primary N) is 1. The summed E-state index contributed by atoms with van der Waals surface area (Å²) in [5.74, 6) is 0.205. The minimum absolute atomic E-state index is 0.146. The van der Waals surface area contributed by atoms with Crippen molar-refractivity contribution in [3.63, 3.8) is 0 Å². The fourth-order valence-corrected chi connectivity index (χ4v) is 1.21. The topological polar surface area (TPSA) is 68.5 Å². The number of hydrogen-bond acceptors (Lipinski definition) is 4. The smallest absolute Gasteiger partial charge is 0.272 e. The number of likely N-dealkylation sites (N-methyl/N-ethyl adjacent to an activating group) is 1. The SMILES string of the molecule is CCOCCN(C)C(=O)c1cccc(N)n1. The molecule has 1 aromatic rings. The van der Waals surface area contributed by atoms with E-state index in [9.17, 15) is 4.79 Å². The number of ether oxygens (including phenoxy) is 1. The van der Waals surface area contributed by atoms with Crippen molar-refractivity contribution in [1.29, 1.82) is 0 Å². The molecule has 5 nitrogen and oxygen atoms in total. The van der Waals surface area contributed by atoms with Gasteiger partial charge in [0.05, 0.1) is 6.61 Å². The number of pyridine rings is 1. The number of amides is 1. The summed E-state index contributed by atoms with van der Waals surface area (Å²) in [5.41, 5.74) is 5.87. The monoisotopic (exact) mass is 223 g/mol. The van der Waals surface area contributed by atoms with E-state index in [0.29, 0.717) is 31.3 Å². The normalized spacial score (nSPS) is 10.1. The second-order valence-electron chi connectivity index (χ2n) is 3.37. The fraction of sp³-hybridized carbons (Fsp3) is 0.455. The number of carbonyl (C=O) groups is 1. The zero-order chi connectivity index (χ0) is 12.0. The van der Waals surface area contributed by atoms with Gasteiger partial charge >= 0.3 is 0 Å². The molecule has 0 unspecified atom stereocenters. The second-order valence-corrected chi connectivity index (χ2v) is 3.37. The summed E-state index contributed by atoms with van der Waals surface area (Å²) in [6.45, 7) is 3.64. The maximum absolute atomic E-state index is 11.8. The molecular formula is C11H17N3O2. The van der Waals surface area contributed by atoms with Crippen molar-refractivity contribution in [3.05, 3.63) is 23.9 Å². The fourth-order valence-electron chi connectivity index (χ4n) is 1.21. The number of rotatable bonds is 5. The molecule has 88 valence electrons. The van der Waals surface area contributed by atoms with Crippen LogP contribution in [-0.4, -0.2) is 42.6 Å². The molecule has 16 heavy (non-hydrogen) atoms. The highest BCUT2D eigenvalue weighted by Crippen LogP contribution is 2.03. The third kappa shape index (κ3) is 3.51. The van der Waals surface area contributed by atoms with Gasteiger partial charge in [-0.05, 0) is 19.1 Å². The van der Waals surface area contributed by atoms with Crippen LogP contribution in [0.5, 0.6) is 0 Å². The van der Waals surface area contributed by atoms with E-state index in [2.05, 4.69) is 4.98 Å². The Morgan fingerprint density at radius 3 is 2.94 bits per heavy atom. The van der Waals surface area contributed by atoms with Gasteiger partial charge in [0.1, 0.15) is 11.5 Å². The Hall–Kier alpha value is -1.62. The summed E-state index contributed by atoms with van der Waals surface area (Å²) >= 11 is 0. The van der Waals surface area contributed by atoms with Crippen LogP contribution >= 0.6 is 0 Å². The van der Waals surface area contributed by atoms with E-state index in [4.69, 9.17) is 10.5 Å². The van der Waals surface area contributed by atoms with Crippen LogP contribution in [0.25, 0.3) is 0 Å². The van der Waals surface area contributed by atoms with Crippen molar-refractivity contribution in [1.82, 2.24) is 9.88 Å². The van der Waals surface area contributed by atoms with Crippen molar-refractivity contribution >= 4 is 11.7 Å². The van der Waals surface area contributed by atoms with Crippen LogP contribution in [0.2, 0.25) is 0 Å². The van der Waals surface area contributed by atoms with Crippen LogP contribution < -0.4 is 5.73 Å². The van der Waals surface area contributed by atoms with Crippen LogP contribution in [0.4, 0.5) is 5.82 Å². The molecule has 1 rings (SSSR count). The van der Waals surface area contributed by atoms with E-state index in [-0.39, 0.29) is 5.91 Å². The van der Waals surface area contributed by atoms with Gasteiger partial charge < -0.3 is 15.4 Å². The van der Waals surface area contributed by atoms with Crippen molar-refractivity contribution in [2.24, 2.45) is 0 Å². The van der Waals surface area contributed by atoms with Crippen LogP contribution in [-0.2, 0) is 4.74 Å². The molecule has 0 fully saturated rings. The lowest BCUT2D eigenvalue weighted by Crippen LogP contribution is -2.30. The third-order valence-electron chi connectivity index (χ3n) is 2.11. The number of carbonyl (C=O) groups excluding carboxylic acids is 1. The molecule has 0 bridgehead atoms. The Balaban J connectivity index is 2.56. The molecule has 1 aromatic heterocycles. The lowest BCUT2D eigenvalue weighted by atomic mass is 10.3. The predicted molar refractivity (Wildman–Crippen MR) is 62.1 cm³/mol. The van der Waals surface area contributed by atoms with Gasteiger partial charge in [0.15, 0.2) is 0 Å². The standard InChI is InChI=1S/C11H17N3O2/c1-3-16-8-7-14(2)11(15)9-5-4-6-10(12)13-9/h4-6H,3,7-8H2,1-2H3,(H2,12,13). The van der Waals surface area contributed by atoms with Crippen LogP contribution in [0.15, 0.2) is 18.2 Å². The van der Waals surface area contributed by atoms with Gasteiger partial charge in [-0.15, -0.1) is 0 Å². The molecule has 0 radical (unpaired) electrons. The van der Waals surface area contributed by atoms with E-state index in [1.165, 1.54) is 0 Å². The number of hydrogen-bond donors (Lipinski definition) is 1. The van der Waals surface area contributed by atoms with Gasteiger partial charge in [0, 0.05) is 20.2 Å². The summed E-state index contributed by atoms with van der Waals surface area (Å²) in [5, 5.41) is 0. The lowest BCUT2D eigenvalue weighted by Gasteiger charge is -2.16. The molecule has 5 heteroatoms. The first-order valence-corrected chi connectivity index (χ1v) is 5.21. The molecule has 0 aromatic carbocycles. The van der Waals surface area contributed by atoms with Gasteiger partial charge in [-0.3, -0.25) is 4.79 Å². The first-order valence-electron chi connectivity index (χ1n) is 5.21. The molecule has 0 spiro atoms. The maximum atomic E-state index is 11.8.